The van der Waals surface area contributed by atoms with Gasteiger partial charge in [-0.2, -0.15) is 5.26 Å². The zero-order chi connectivity index (χ0) is 20.3. The number of anilines is 1. The molecule has 7 nitrogen and oxygen atoms in total. The third kappa shape index (κ3) is 4.74. The number of nitriles is 1. The summed E-state index contributed by atoms with van der Waals surface area (Å²) in [5.74, 6) is -0.380. The number of nitrogens with zero attached hydrogens (tertiary/aromatic N) is 2. The first kappa shape index (κ1) is 21.9. The fourth-order valence-corrected chi connectivity index (χ4v) is 3.19. The van der Waals surface area contributed by atoms with E-state index in [-0.39, 0.29) is 23.3 Å². The van der Waals surface area contributed by atoms with E-state index in [4.69, 9.17) is 0 Å². The van der Waals surface area contributed by atoms with Crippen molar-refractivity contribution in [3.05, 3.63) is 23.3 Å². The van der Waals surface area contributed by atoms with Gasteiger partial charge in [0.15, 0.2) is 0 Å². The van der Waals surface area contributed by atoms with Gasteiger partial charge < -0.3 is 10.6 Å². The lowest BCUT2D eigenvalue weighted by Crippen LogP contribution is -2.50. The van der Waals surface area contributed by atoms with E-state index in [2.05, 4.69) is 16.7 Å². The molecule has 1 amide bonds. The minimum Gasteiger partial charge on any atom is -0.376 e. The fraction of sp³-hybridized carbons (Fsp3) is 0.556. The lowest BCUT2D eigenvalue weighted by atomic mass is 9.90. The summed E-state index contributed by atoms with van der Waals surface area (Å²) in [6.45, 7) is 9.01. The van der Waals surface area contributed by atoms with E-state index >= 15 is 0 Å². The molecule has 0 aliphatic rings. The Balaban J connectivity index is 3.03. The van der Waals surface area contributed by atoms with Crippen molar-refractivity contribution in [1.29, 1.82) is 5.26 Å². The molecule has 1 unspecified atom stereocenters. The Bertz CT molecular complexity index is 826. The van der Waals surface area contributed by atoms with Crippen LogP contribution in [0.5, 0.6) is 0 Å². The van der Waals surface area contributed by atoms with E-state index in [0.29, 0.717) is 5.69 Å². The highest BCUT2D eigenvalue weighted by Gasteiger charge is 2.29. The maximum absolute atomic E-state index is 12.4. The van der Waals surface area contributed by atoms with E-state index in [9.17, 15) is 18.5 Å². The number of sulfonamides is 1. The molecule has 0 heterocycles. The second kappa shape index (κ2) is 8.06. The largest absolute Gasteiger partial charge is 0.376 e. The molecule has 0 spiro atoms. The quantitative estimate of drug-likeness (QED) is 0.753. The second-order valence-corrected chi connectivity index (χ2v) is 9.22. The molecule has 1 atom stereocenters. The summed E-state index contributed by atoms with van der Waals surface area (Å²) >= 11 is 0. The predicted molar refractivity (Wildman–Crippen MR) is 102 cm³/mol. The van der Waals surface area contributed by atoms with Crippen molar-refractivity contribution in [3.8, 4) is 6.07 Å². The van der Waals surface area contributed by atoms with Crippen LogP contribution in [0, 0.1) is 31.1 Å². The molecule has 0 aromatic heterocycles. The van der Waals surface area contributed by atoms with Crippen molar-refractivity contribution in [2.45, 2.75) is 45.1 Å². The maximum atomic E-state index is 12.4. The van der Waals surface area contributed by atoms with Gasteiger partial charge in [0.1, 0.15) is 5.54 Å². The van der Waals surface area contributed by atoms with Crippen LogP contribution in [0.2, 0.25) is 0 Å². The predicted octanol–water partition coefficient (Wildman–Crippen LogP) is 2.02. The Morgan fingerprint density at radius 2 is 1.88 bits per heavy atom. The minimum absolute atomic E-state index is 0.0472. The van der Waals surface area contributed by atoms with Gasteiger partial charge in [-0.05, 0) is 49.9 Å². The van der Waals surface area contributed by atoms with Gasteiger partial charge in [0.2, 0.25) is 15.9 Å². The van der Waals surface area contributed by atoms with Crippen LogP contribution in [0.25, 0.3) is 0 Å². The van der Waals surface area contributed by atoms with Gasteiger partial charge in [0, 0.05) is 19.8 Å². The van der Waals surface area contributed by atoms with Gasteiger partial charge in [-0.3, -0.25) is 4.79 Å². The molecule has 1 aromatic carbocycles. The summed E-state index contributed by atoms with van der Waals surface area (Å²) in [5, 5.41) is 15.0. The highest BCUT2D eigenvalue weighted by Crippen LogP contribution is 2.25. The summed E-state index contributed by atoms with van der Waals surface area (Å²) in [5.41, 5.74) is 1.28. The summed E-state index contributed by atoms with van der Waals surface area (Å²) in [4.78, 5) is 12.4. The van der Waals surface area contributed by atoms with E-state index in [1.807, 2.05) is 27.7 Å². The third-order valence-corrected chi connectivity index (χ3v) is 6.44. The zero-order valence-corrected chi connectivity index (χ0v) is 17.3. The van der Waals surface area contributed by atoms with Crippen LogP contribution in [0.15, 0.2) is 17.0 Å². The van der Waals surface area contributed by atoms with E-state index < -0.39 is 15.6 Å². The second-order valence-electron chi connectivity index (χ2n) is 7.07. The average molecular weight is 381 g/mol. The third-order valence-electron chi connectivity index (χ3n) is 4.64. The van der Waals surface area contributed by atoms with E-state index in [1.165, 1.54) is 20.2 Å². The van der Waals surface area contributed by atoms with Crippen LogP contribution in [0.4, 0.5) is 5.69 Å². The zero-order valence-electron chi connectivity index (χ0n) is 16.5. The molecule has 0 saturated heterocycles. The summed E-state index contributed by atoms with van der Waals surface area (Å²) in [6, 6.07) is 5.26. The van der Waals surface area contributed by atoms with Crippen molar-refractivity contribution in [1.82, 2.24) is 9.62 Å². The number of aryl methyl sites for hydroxylation is 1. The minimum atomic E-state index is -3.57. The smallest absolute Gasteiger partial charge is 0.242 e. The highest BCUT2D eigenvalue weighted by atomic mass is 32.2. The number of benzene rings is 1. The van der Waals surface area contributed by atoms with Crippen molar-refractivity contribution in [3.63, 3.8) is 0 Å². The van der Waals surface area contributed by atoms with Crippen LogP contribution < -0.4 is 10.6 Å². The molecule has 0 aliphatic heterocycles. The molecule has 26 heavy (non-hydrogen) atoms. The van der Waals surface area contributed by atoms with Crippen molar-refractivity contribution >= 4 is 21.6 Å². The lowest BCUT2D eigenvalue weighted by molar-refractivity contribution is -0.121. The Morgan fingerprint density at radius 1 is 1.31 bits per heavy atom. The molecule has 1 aromatic rings. The first-order chi connectivity index (χ1) is 11.8. The first-order valence-corrected chi connectivity index (χ1v) is 9.79. The van der Waals surface area contributed by atoms with E-state index in [0.717, 1.165) is 15.4 Å². The SMILES string of the molecule is Cc1cc(S(=O)(=O)N(C)C)cc(NCC(=O)NC(C)(C#N)C(C)C)c1C. The summed E-state index contributed by atoms with van der Waals surface area (Å²) in [6.07, 6.45) is 0. The number of hydrogen-bond acceptors (Lipinski definition) is 5. The normalized spacial score (nSPS) is 14.0. The number of rotatable bonds is 7. The van der Waals surface area contributed by atoms with Gasteiger partial charge in [-0.25, -0.2) is 12.7 Å². The number of carbonyl (C=O) groups is 1. The molecule has 0 aliphatic carbocycles. The fourth-order valence-electron chi connectivity index (χ4n) is 2.18. The van der Waals surface area contributed by atoms with Crippen LogP contribution in [0.3, 0.4) is 0 Å². The molecule has 0 fully saturated rings. The molecular weight excluding hydrogens is 352 g/mol. The van der Waals surface area contributed by atoms with Crippen molar-refractivity contribution in [2.24, 2.45) is 5.92 Å². The summed E-state index contributed by atoms with van der Waals surface area (Å²) in [7, 11) is -0.628. The van der Waals surface area contributed by atoms with Crippen LogP contribution >= 0.6 is 0 Å². The molecule has 0 radical (unpaired) electrons. The molecule has 144 valence electrons. The lowest BCUT2D eigenvalue weighted by Gasteiger charge is -2.27. The number of amides is 1. The highest BCUT2D eigenvalue weighted by molar-refractivity contribution is 7.89. The molecule has 0 saturated carbocycles. The van der Waals surface area contributed by atoms with Gasteiger partial charge in [-0.15, -0.1) is 0 Å². The van der Waals surface area contributed by atoms with Crippen molar-refractivity contribution < 1.29 is 13.2 Å². The standard InChI is InChI=1S/C18H28N4O3S/c1-12(2)18(5,11-19)21-17(23)10-20-16-9-15(8-13(3)14(16)4)26(24,25)22(6)7/h8-9,12,20H,10H2,1-7H3,(H,21,23). The topological polar surface area (TPSA) is 102 Å². The molecule has 8 heteroatoms. The number of nitrogens with one attached hydrogen (secondary N) is 2. The van der Waals surface area contributed by atoms with Gasteiger partial charge in [0.25, 0.3) is 0 Å². The van der Waals surface area contributed by atoms with Gasteiger partial charge >= 0.3 is 0 Å². The maximum Gasteiger partial charge on any atom is 0.242 e. The Kier molecular flexibility index (Phi) is 6.80. The molecule has 1 rings (SSSR count). The average Bonchev–Trinajstić information content (AvgIpc) is 2.55. The van der Waals surface area contributed by atoms with E-state index in [1.54, 1.807) is 13.0 Å². The Labute approximate surface area is 156 Å². The monoisotopic (exact) mass is 380 g/mol. The molecule has 2 N–H and O–H groups in total. The van der Waals surface area contributed by atoms with Crippen LogP contribution in [0.1, 0.15) is 31.9 Å². The van der Waals surface area contributed by atoms with Crippen LogP contribution in [-0.4, -0.2) is 44.8 Å². The Morgan fingerprint density at radius 3 is 2.35 bits per heavy atom. The van der Waals surface area contributed by atoms with Gasteiger partial charge in [-0.1, -0.05) is 13.8 Å². The van der Waals surface area contributed by atoms with Crippen molar-refractivity contribution in [2.75, 3.05) is 26.0 Å². The van der Waals surface area contributed by atoms with Crippen LogP contribution in [-0.2, 0) is 14.8 Å². The summed E-state index contributed by atoms with van der Waals surface area (Å²) < 4.78 is 25.9. The molecular formula is C18H28N4O3S. The first-order valence-electron chi connectivity index (χ1n) is 8.35. The molecule has 0 bridgehead atoms. The van der Waals surface area contributed by atoms with Gasteiger partial charge in [0.05, 0.1) is 17.5 Å². The Hall–Kier alpha value is -2.11. The number of hydrogen-bond donors (Lipinski definition) is 2. The number of carbonyl (C=O) groups excluding carboxylic acids is 1.